The monoisotopic (exact) mass is 396 g/mol. The predicted molar refractivity (Wildman–Crippen MR) is 112 cm³/mol. The number of amides is 2. The highest BCUT2D eigenvalue weighted by Gasteiger charge is 2.24. The van der Waals surface area contributed by atoms with Crippen LogP contribution in [0.15, 0.2) is 48.7 Å². The molecule has 0 aliphatic carbocycles. The van der Waals surface area contributed by atoms with E-state index in [2.05, 4.69) is 21.3 Å². The van der Waals surface area contributed by atoms with Crippen molar-refractivity contribution in [1.29, 1.82) is 0 Å². The highest BCUT2D eigenvalue weighted by molar-refractivity contribution is 5.75. The van der Waals surface area contributed by atoms with Crippen LogP contribution in [0.3, 0.4) is 0 Å². The number of carbonyl (C=O) groups excluding carboxylic acids is 1. The standard InChI is InChI=1S/C22H28N4O3/c1-17-9-10-23-20(15-17)25-11-13-26(14-12-25)22(29)24-19(7-8-21(27)28)16-18-5-3-2-4-6-18/h2-6,9-10,15,19H,7-8,11-14,16H2,1H3,(H,24,29)(H,27,28). The summed E-state index contributed by atoms with van der Waals surface area (Å²) in [6, 6.07) is 13.5. The second-order valence-electron chi connectivity index (χ2n) is 7.43. The van der Waals surface area contributed by atoms with Gasteiger partial charge in [-0.2, -0.15) is 0 Å². The average molecular weight is 396 g/mol. The molecule has 0 radical (unpaired) electrons. The number of carboxylic acid groups (broad SMARTS) is 1. The Kier molecular flexibility index (Phi) is 7.05. The Bertz CT molecular complexity index is 820. The Morgan fingerprint density at radius 3 is 2.52 bits per heavy atom. The molecule has 7 heteroatoms. The molecule has 1 saturated heterocycles. The molecule has 154 valence electrons. The Labute approximate surface area is 171 Å². The van der Waals surface area contributed by atoms with Crippen molar-refractivity contribution in [2.45, 2.75) is 32.2 Å². The highest BCUT2D eigenvalue weighted by Crippen LogP contribution is 2.15. The van der Waals surface area contributed by atoms with Crippen LogP contribution < -0.4 is 10.2 Å². The van der Waals surface area contributed by atoms with Gasteiger partial charge in [-0.1, -0.05) is 30.3 Å². The molecule has 0 spiro atoms. The quantitative estimate of drug-likeness (QED) is 0.752. The number of hydrogen-bond acceptors (Lipinski definition) is 4. The van der Waals surface area contributed by atoms with E-state index < -0.39 is 5.97 Å². The molecule has 1 fully saturated rings. The van der Waals surface area contributed by atoms with E-state index in [1.807, 2.05) is 43.3 Å². The average Bonchev–Trinajstić information content (AvgIpc) is 2.73. The van der Waals surface area contributed by atoms with Crippen LogP contribution in [0, 0.1) is 6.92 Å². The van der Waals surface area contributed by atoms with Gasteiger partial charge in [0.25, 0.3) is 0 Å². The van der Waals surface area contributed by atoms with Crippen molar-refractivity contribution in [3.63, 3.8) is 0 Å². The molecule has 0 bridgehead atoms. The molecule has 1 aromatic heterocycles. The van der Waals surface area contributed by atoms with E-state index in [0.29, 0.717) is 25.9 Å². The third kappa shape index (κ3) is 6.20. The molecule has 2 N–H and O–H groups in total. The van der Waals surface area contributed by atoms with Crippen LogP contribution >= 0.6 is 0 Å². The molecule has 7 nitrogen and oxygen atoms in total. The van der Waals surface area contributed by atoms with Crippen molar-refractivity contribution in [3.8, 4) is 0 Å². The molecule has 29 heavy (non-hydrogen) atoms. The zero-order chi connectivity index (χ0) is 20.6. The minimum Gasteiger partial charge on any atom is -0.481 e. The Hall–Kier alpha value is -3.09. The molecule has 1 unspecified atom stereocenters. The third-order valence-corrected chi connectivity index (χ3v) is 5.15. The fourth-order valence-corrected chi connectivity index (χ4v) is 3.52. The number of benzene rings is 1. The number of aryl methyl sites for hydroxylation is 1. The van der Waals surface area contributed by atoms with E-state index in [1.54, 1.807) is 11.1 Å². The second kappa shape index (κ2) is 9.91. The van der Waals surface area contributed by atoms with Crippen molar-refractivity contribution in [3.05, 3.63) is 59.8 Å². The number of pyridine rings is 1. The largest absolute Gasteiger partial charge is 0.481 e. The Balaban J connectivity index is 1.55. The van der Waals surface area contributed by atoms with Gasteiger partial charge >= 0.3 is 12.0 Å². The Morgan fingerprint density at radius 2 is 1.86 bits per heavy atom. The first-order valence-electron chi connectivity index (χ1n) is 10.00. The fourth-order valence-electron chi connectivity index (χ4n) is 3.52. The number of piperazine rings is 1. The topological polar surface area (TPSA) is 85.8 Å². The molecule has 2 amide bonds. The zero-order valence-electron chi connectivity index (χ0n) is 16.8. The molecule has 1 aliphatic heterocycles. The summed E-state index contributed by atoms with van der Waals surface area (Å²) in [6.07, 6.45) is 2.86. The second-order valence-corrected chi connectivity index (χ2v) is 7.43. The van der Waals surface area contributed by atoms with Gasteiger partial charge < -0.3 is 20.2 Å². The van der Waals surface area contributed by atoms with Crippen molar-refractivity contribution in [2.24, 2.45) is 0 Å². The minimum atomic E-state index is -0.850. The lowest BCUT2D eigenvalue weighted by atomic mass is 10.0. The third-order valence-electron chi connectivity index (χ3n) is 5.15. The van der Waals surface area contributed by atoms with Gasteiger partial charge in [-0.25, -0.2) is 9.78 Å². The van der Waals surface area contributed by atoms with E-state index in [9.17, 15) is 9.59 Å². The molecule has 3 rings (SSSR count). The van der Waals surface area contributed by atoms with Gasteiger partial charge in [0.15, 0.2) is 0 Å². The maximum absolute atomic E-state index is 12.8. The molecular weight excluding hydrogens is 368 g/mol. The van der Waals surface area contributed by atoms with E-state index in [1.165, 1.54) is 0 Å². The summed E-state index contributed by atoms with van der Waals surface area (Å²) in [7, 11) is 0. The van der Waals surface area contributed by atoms with E-state index in [0.717, 1.165) is 30.0 Å². The lowest BCUT2D eigenvalue weighted by molar-refractivity contribution is -0.137. The number of nitrogens with zero attached hydrogens (tertiary/aromatic N) is 3. The summed E-state index contributed by atoms with van der Waals surface area (Å²) >= 11 is 0. The van der Waals surface area contributed by atoms with Crippen LogP contribution in [0.2, 0.25) is 0 Å². The summed E-state index contributed by atoms with van der Waals surface area (Å²) in [6.45, 7) is 4.71. The van der Waals surface area contributed by atoms with Crippen molar-refractivity contribution in [2.75, 3.05) is 31.1 Å². The van der Waals surface area contributed by atoms with Crippen LogP contribution in [-0.4, -0.2) is 59.2 Å². The molecule has 2 heterocycles. The van der Waals surface area contributed by atoms with Gasteiger partial charge in [-0.3, -0.25) is 4.79 Å². The smallest absolute Gasteiger partial charge is 0.317 e. The number of carboxylic acids is 1. The van der Waals surface area contributed by atoms with Crippen LogP contribution in [0.4, 0.5) is 10.6 Å². The minimum absolute atomic E-state index is 0.0323. The SMILES string of the molecule is Cc1ccnc(N2CCN(C(=O)NC(CCC(=O)O)Cc3ccccc3)CC2)c1. The zero-order valence-corrected chi connectivity index (χ0v) is 16.8. The molecule has 0 saturated carbocycles. The van der Waals surface area contributed by atoms with Gasteiger partial charge in [0.05, 0.1) is 0 Å². The number of urea groups is 1. The predicted octanol–water partition coefficient (Wildman–Crippen LogP) is 2.70. The van der Waals surface area contributed by atoms with Gasteiger partial charge in [-0.05, 0) is 43.0 Å². The van der Waals surface area contributed by atoms with Gasteiger partial charge in [0, 0.05) is 44.8 Å². The fraction of sp³-hybridized carbons (Fsp3) is 0.409. The molecule has 1 atom stereocenters. The molecule has 1 aromatic carbocycles. The van der Waals surface area contributed by atoms with Crippen LogP contribution in [0.1, 0.15) is 24.0 Å². The first-order chi connectivity index (χ1) is 14.0. The highest BCUT2D eigenvalue weighted by atomic mass is 16.4. The van der Waals surface area contributed by atoms with Crippen LogP contribution in [0.5, 0.6) is 0 Å². The van der Waals surface area contributed by atoms with Crippen molar-refractivity contribution < 1.29 is 14.7 Å². The summed E-state index contributed by atoms with van der Waals surface area (Å²) in [5, 5.41) is 12.1. The van der Waals surface area contributed by atoms with E-state index in [-0.39, 0.29) is 18.5 Å². The van der Waals surface area contributed by atoms with Crippen LogP contribution in [0.25, 0.3) is 0 Å². The first-order valence-corrected chi connectivity index (χ1v) is 10.00. The Morgan fingerprint density at radius 1 is 1.14 bits per heavy atom. The normalized spacial score (nSPS) is 15.1. The molecule has 2 aromatic rings. The maximum Gasteiger partial charge on any atom is 0.317 e. The van der Waals surface area contributed by atoms with Crippen LogP contribution in [-0.2, 0) is 11.2 Å². The van der Waals surface area contributed by atoms with Gasteiger partial charge in [0.2, 0.25) is 0 Å². The summed E-state index contributed by atoms with van der Waals surface area (Å²) in [4.78, 5) is 32.2. The maximum atomic E-state index is 12.8. The number of nitrogens with one attached hydrogen (secondary N) is 1. The summed E-state index contributed by atoms with van der Waals surface area (Å²) < 4.78 is 0. The van der Waals surface area contributed by atoms with Gasteiger partial charge in [-0.15, -0.1) is 0 Å². The summed E-state index contributed by atoms with van der Waals surface area (Å²) in [5.74, 6) is 0.0880. The molecule has 1 aliphatic rings. The number of carbonyl (C=O) groups is 2. The van der Waals surface area contributed by atoms with E-state index >= 15 is 0 Å². The first kappa shape index (κ1) is 20.6. The van der Waals surface area contributed by atoms with E-state index in [4.69, 9.17) is 5.11 Å². The number of anilines is 1. The lowest BCUT2D eigenvalue weighted by Crippen LogP contribution is -2.54. The number of aliphatic carboxylic acids is 1. The summed E-state index contributed by atoms with van der Waals surface area (Å²) in [5.41, 5.74) is 2.25. The van der Waals surface area contributed by atoms with Crippen molar-refractivity contribution >= 4 is 17.8 Å². The number of hydrogen-bond donors (Lipinski definition) is 2. The molecular formula is C22H28N4O3. The van der Waals surface area contributed by atoms with Gasteiger partial charge in [0.1, 0.15) is 5.82 Å². The van der Waals surface area contributed by atoms with Crippen molar-refractivity contribution in [1.82, 2.24) is 15.2 Å². The lowest BCUT2D eigenvalue weighted by Gasteiger charge is -2.36. The number of rotatable bonds is 7. The number of aromatic nitrogens is 1.